The summed E-state index contributed by atoms with van der Waals surface area (Å²) in [6.07, 6.45) is 97.1. The first-order chi connectivity index (χ1) is 41.0. The highest BCUT2D eigenvalue weighted by molar-refractivity contribution is 7.45. The SMILES string of the molecule is CC/C=C\C/C=C\C/C=C\C/C=C\C/C=C\C/C=C\C/C=C\C/C=C\C/C=C\CCCCCCCCCCCC(=O)NC(COP(=O)([O-])OCC[N+](C)(C)C)C(O)/C=C/CC/C=C/CCCCCCCCCCCCCCCCCCCCC. The van der Waals surface area contributed by atoms with Crippen LogP contribution >= 0.6 is 7.82 Å². The standard InChI is InChI=1S/C75H131N2O6P/c1-6-8-10-12-14-16-18-20-22-24-26-28-30-32-33-34-35-36-37-38-39-40-41-42-43-45-47-49-51-53-55-57-59-61-63-65-67-69-75(79)76-73(72-83-84(80,81)82-71-70-77(3,4)5)74(78)68-66-64-62-60-58-56-54-52-50-48-46-44-31-29-27-25-23-21-19-17-15-13-11-9-7-2/h8,10,14,16,20,22,26,28,32-33,35-36,38-39,41-42,45,47,58,60,66,68,73-74,78H,6-7,9,11-13,15,17-19,21,23-25,27,29-31,34,37,40,43-44,46,48-57,59,61-65,67,69-72H2,1-5H3,(H-,76,79,80,81)/b10-8-,16-14-,22-20-,28-26-,33-32-,36-35-,39-38-,42-41-,47-45-,60-58+,68-66+. The number of unbranched alkanes of at least 4 members (excludes halogenated alkanes) is 29. The van der Waals surface area contributed by atoms with Crippen LogP contribution in [0.25, 0.3) is 0 Å². The van der Waals surface area contributed by atoms with Gasteiger partial charge in [0.2, 0.25) is 5.91 Å². The van der Waals surface area contributed by atoms with Crippen molar-refractivity contribution >= 4 is 13.7 Å². The number of quaternary nitrogens is 1. The molecule has 0 aliphatic carbocycles. The molecule has 8 nitrogen and oxygen atoms in total. The molecule has 2 N–H and O–H groups in total. The first-order valence-corrected chi connectivity index (χ1v) is 36.0. The number of phosphoric ester groups is 1. The van der Waals surface area contributed by atoms with Crippen LogP contribution in [0.4, 0.5) is 0 Å². The molecule has 0 aliphatic rings. The third-order valence-electron chi connectivity index (χ3n) is 14.8. The number of phosphoric acid groups is 1. The van der Waals surface area contributed by atoms with Gasteiger partial charge in [-0.25, -0.2) is 0 Å². The van der Waals surface area contributed by atoms with Crippen molar-refractivity contribution in [2.45, 2.75) is 296 Å². The van der Waals surface area contributed by atoms with Gasteiger partial charge >= 0.3 is 0 Å². The second kappa shape index (κ2) is 64.1. The van der Waals surface area contributed by atoms with E-state index in [1.165, 1.54) is 154 Å². The molecular formula is C75H131N2O6P. The van der Waals surface area contributed by atoms with E-state index in [4.69, 9.17) is 9.05 Å². The molecule has 3 unspecified atom stereocenters. The average Bonchev–Trinajstić information content (AvgIpc) is 3.56. The smallest absolute Gasteiger partial charge is 0.268 e. The Balaban J connectivity index is 4.18. The predicted octanol–water partition coefficient (Wildman–Crippen LogP) is 21.6. The molecule has 3 atom stereocenters. The lowest BCUT2D eigenvalue weighted by molar-refractivity contribution is -0.870. The molecule has 0 aromatic rings. The minimum absolute atomic E-state index is 0.0136. The monoisotopic (exact) mass is 1190 g/mol. The van der Waals surface area contributed by atoms with E-state index in [0.717, 1.165) is 109 Å². The highest BCUT2D eigenvalue weighted by Gasteiger charge is 2.23. The van der Waals surface area contributed by atoms with Crippen LogP contribution in [-0.4, -0.2) is 68.5 Å². The molecule has 0 saturated heterocycles. The molecule has 0 rings (SSSR count). The van der Waals surface area contributed by atoms with Gasteiger partial charge in [0.15, 0.2) is 0 Å². The fraction of sp³-hybridized carbons (Fsp3) is 0.693. The largest absolute Gasteiger partial charge is 0.756 e. The van der Waals surface area contributed by atoms with E-state index < -0.39 is 26.6 Å². The van der Waals surface area contributed by atoms with Crippen LogP contribution in [0, 0.1) is 0 Å². The maximum atomic E-state index is 13.0. The molecular weight excluding hydrogens is 1060 g/mol. The van der Waals surface area contributed by atoms with Crippen molar-refractivity contribution in [2.24, 2.45) is 0 Å². The molecule has 0 aliphatic heterocycles. The lowest BCUT2D eigenvalue weighted by Gasteiger charge is -2.29. The van der Waals surface area contributed by atoms with Crippen molar-refractivity contribution in [2.75, 3.05) is 40.9 Å². The van der Waals surface area contributed by atoms with Gasteiger partial charge in [0.1, 0.15) is 13.2 Å². The Bertz CT molecular complexity index is 1830. The van der Waals surface area contributed by atoms with Crippen molar-refractivity contribution in [3.05, 3.63) is 134 Å². The van der Waals surface area contributed by atoms with Gasteiger partial charge in [-0.2, -0.15) is 0 Å². The fourth-order valence-corrected chi connectivity index (χ4v) is 10.2. The third kappa shape index (κ3) is 66.2. The number of hydrogen-bond donors (Lipinski definition) is 2. The summed E-state index contributed by atoms with van der Waals surface area (Å²) in [6, 6.07) is -0.918. The van der Waals surface area contributed by atoms with Gasteiger partial charge in [0.25, 0.3) is 7.82 Å². The summed E-state index contributed by atoms with van der Waals surface area (Å²) in [5.74, 6) is -0.217. The van der Waals surface area contributed by atoms with E-state index in [0.29, 0.717) is 17.4 Å². The van der Waals surface area contributed by atoms with Crippen molar-refractivity contribution in [3.8, 4) is 0 Å². The number of nitrogens with zero attached hydrogens (tertiary/aromatic N) is 1. The summed E-state index contributed by atoms with van der Waals surface area (Å²) in [5.41, 5.74) is 0. The van der Waals surface area contributed by atoms with Crippen LogP contribution in [0.1, 0.15) is 284 Å². The van der Waals surface area contributed by atoms with Crippen LogP contribution < -0.4 is 10.2 Å². The van der Waals surface area contributed by atoms with E-state index in [9.17, 15) is 19.4 Å². The van der Waals surface area contributed by atoms with E-state index in [1.54, 1.807) is 6.08 Å². The van der Waals surface area contributed by atoms with E-state index in [2.05, 4.69) is 141 Å². The van der Waals surface area contributed by atoms with Crippen LogP contribution in [-0.2, 0) is 18.4 Å². The maximum Gasteiger partial charge on any atom is 0.268 e. The molecule has 1 amide bonds. The summed E-state index contributed by atoms with van der Waals surface area (Å²) < 4.78 is 23.4. The van der Waals surface area contributed by atoms with Gasteiger partial charge in [-0.05, 0) is 103 Å². The van der Waals surface area contributed by atoms with Gasteiger partial charge in [0.05, 0.1) is 39.9 Å². The second-order valence-electron chi connectivity index (χ2n) is 24.1. The normalized spacial score (nSPS) is 14.5. The highest BCUT2D eigenvalue weighted by atomic mass is 31.2. The molecule has 0 aromatic carbocycles. The molecule has 0 spiro atoms. The van der Waals surface area contributed by atoms with Gasteiger partial charge in [-0.1, -0.05) is 308 Å². The molecule has 0 aromatic heterocycles. The zero-order chi connectivity index (χ0) is 61.2. The Morgan fingerprint density at radius 1 is 0.429 bits per heavy atom. The Morgan fingerprint density at radius 3 is 1.11 bits per heavy atom. The molecule has 0 radical (unpaired) electrons. The van der Waals surface area contributed by atoms with Crippen molar-refractivity contribution in [1.82, 2.24) is 5.32 Å². The van der Waals surface area contributed by atoms with Gasteiger partial charge in [-0.15, -0.1) is 0 Å². The number of amides is 1. The lowest BCUT2D eigenvalue weighted by Crippen LogP contribution is -2.45. The quantitative estimate of drug-likeness (QED) is 0.0272. The van der Waals surface area contributed by atoms with Gasteiger partial charge in [-0.3, -0.25) is 9.36 Å². The summed E-state index contributed by atoms with van der Waals surface area (Å²) in [5, 5.41) is 13.9. The summed E-state index contributed by atoms with van der Waals surface area (Å²) in [4.78, 5) is 25.6. The molecule has 84 heavy (non-hydrogen) atoms. The van der Waals surface area contributed by atoms with Crippen molar-refractivity contribution < 1.29 is 32.9 Å². The van der Waals surface area contributed by atoms with Crippen LogP contribution in [0.15, 0.2) is 134 Å². The molecule has 0 saturated carbocycles. The number of aliphatic hydroxyl groups is 1. The zero-order valence-corrected chi connectivity index (χ0v) is 56.0. The molecule has 9 heteroatoms. The van der Waals surface area contributed by atoms with Gasteiger partial charge in [0, 0.05) is 6.42 Å². The predicted molar refractivity (Wildman–Crippen MR) is 366 cm³/mol. The number of allylic oxidation sites excluding steroid dienone is 21. The summed E-state index contributed by atoms with van der Waals surface area (Å²) in [7, 11) is 1.23. The zero-order valence-electron chi connectivity index (χ0n) is 55.1. The molecule has 482 valence electrons. The number of hydrogen-bond acceptors (Lipinski definition) is 6. The number of likely N-dealkylation sites (N-methyl/N-ethyl adjacent to an activating group) is 1. The minimum atomic E-state index is -4.62. The number of rotatable bonds is 62. The first kappa shape index (κ1) is 80.6. The Morgan fingerprint density at radius 2 is 0.738 bits per heavy atom. The molecule has 0 fully saturated rings. The molecule has 0 bridgehead atoms. The summed E-state index contributed by atoms with van der Waals surface area (Å²) >= 11 is 0. The fourth-order valence-electron chi connectivity index (χ4n) is 9.52. The first-order valence-electron chi connectivity index (χ1n) is 34.5. The average molecular weight is 1190 g/mol. The lowest BCUT2D eigenvalue weighted by atomic mass is 10.0. The number of carbonyl (C=O) groups excluding carboxylic acids is 1. The van der Waals surface area contributed by atoms with Gasteiger partial charge < -0.3 is 28.8 Å². The maximum absolute atomic E-state index is 13.0. The van der Waals surface area contributed by atoms with Crippen LogP contribution in [0.3, 0.4) is 0 Å². The number of aliphatic hydroxyl groups excluding tert-OH is 1. The minimum Gasteiger partial charge on any atom is -0.756 e. The van der Waals surface area contributed by atoms with Crippen LogP contribution in [0.5, 0.6) is 0 Å². The topological polar surface area (TPSA) is 108 Å². The molecule has 0 heterocycles. The van der Waals surface area contributed by atoms with E-state index in [1.807, 2.05) is 27.2 Å². The van der Waals surface area contributed by atoms with E-state index in [-0.39, 0.29) is 12.5 Å². The number of carbonyl (C=O) groups is 1. The Hall–Kier alpha value is -3.36. The third-order valence-corrected chi connectivity index (χ3v) is 15.8. The summed E-state index contributed by atoms with van der Waals surface area (Å²) in [6.45, 7) is 4.52. The van der Waals surface area contributed by atoms with E-state index >= 15 is 0 Å². The Labute approximate surface area is 519 Å². The highest BCUT2D eigenvalue weighted by Crippen LogP contribution is 2.38. The van der Waals surface area contributed by atoms with Crippen LogP contribution in [0.2, 0.25) is 0 Å². The Kier molecular flexibility index (Phi) is 61.6. The van der Waals surface area contributed by atoms with Crippen molar-refractivity contribution in [3.63, 3.8) is 0 Å². The number of nitrogens with one attached hydrogen (secondary N) is 1. The van der Waals surface area contributed by atoms with Crippen molar-refractivity contribution in [1.29, 1.82) is 0 Å². The second-order valence-corrected chi connectivity index (χ2v) is 25.6.